The number of rotatable bonds is 2. The van der Waals surface area contributed by atoms with E-state index in [1.165, 1.54) is 25.0 Å². The Hall–Kier alpha value is -0.960. The molecule has 1 fully saturated rings. The first kappa shape index (κ1) is 13.5. The molecule has 0 radical (unpaired) electrons. The Balaban J connectivity index is 2.12. The lowest BCUT2D eigenvalue weighted by Crippen LogP contribution is -2.33. The van der Waals surface area contributed by atoms with Crippen LogP contribution in [0.4, 0.5) is 15.8 Å². The average molecular weight is 271 g/mol. The van der Waals surface area contributed by atoms with Crippen molar-refractivity contribution in [1.82, 2.24) is 0 Å². The first-order valence-corrected chi connectivity index (χ1v) is 6.86. The smallest absolute Gasteiger partial charge is 0.143 e. The molecule has 0 aromatic heterocycles. The number of nitrogen functional groups attached to an aromatic ring is 1. The molecule has 2 rings (SSSR count). The Bertz CT molecular complexity index is 436. The number of nitrogens with two attached hydrogens (primary N) is 1. The second kappa shape index (κ2) is 5.35. The van der Waals surface area contributed by atoms with Crippen molar-refractivity contribution in [2.24, 2.45) is 11.8 Å². The van der Waals surface area contributed by atoms with E-state index < -0.39 is 5.82 Å². The first-order chi connectivity index (χ1) is 8.47. The molecule has 1 aromatic rings. The van der Waals surface area contributed by atoms with E-state index in [1.807, 2.05) is 0 Å². The fraction of sp³-hybridized carbons (Fsp3) is 0.571. The molecule has 1 aliphatic rings. The van der Waals surface area contributed by atoms with E-state index in [4.69, 9.17) is 17.3 Å². The van der Waals surface area contributed by atoms with Gasteiger partial charge in [0.15, 0.2) is 0 Å². The zero-order chi connectivity index (χ0) is 13.3. The van der Waals surface area contributed by atoms with E-state index in [0.717, 1.165) is 12.3 Å². The van der Waals surface area contributed by atoms with Crippen molar-refractivity contribution < 1.29 is 4.39 Å². The van der Waals surface area contributed by atoms with Gasteiger partial charge in [0, 0.05) is 12.1 Å². The summed E-state index contributed by atoms with van der Waals surface area (Å²) in [6, 6.07) is 3.22. The lowest BCUT2D eigenvalue weighted by molar-refractivity contribution is 0.276. The van der Waals surface area contributed by atoms with Crippen LogP contribution in [0.3, 0.4) is 0 Å². The third-order valence-corrected chi connectivity index (χ3v) is 4.15. The van der Waals surface area contributed by atoms with Crippen molar-refractivity contribution in [2.45, 2.75) is 39.2 Å². The standard InChI is InChI=1S/C14H20ClFN2/c1-8-3-4-13(9(2)5-8)18-14-7-11(16)10(15)6-12(14)17/h6-9,13,18H,3-5,17H2,1-2H3. The van der Waals surface area contributed by atoms with Gasteiger partial charge in [0.1, 0.15) is 5.82 Å². The first-order valence-electron chi connectivity index (χ1n) is 6.48. The number of nitrogens with one attached hydrogen (secondary N) is 1. The number of hydrogen-bond donors (Lipinski definition) is 2. The normalized spacial score (nSPS) is 28.1. The van der Waals surface area contributed by atoms with Gasteiger partial charge in [-0.25, -0.2) is 4.39 Å². The number of hydrogen-bond acceptors (Lipinski definition) is 2. The van der Waals surface area contributed by atoms with E-state index in [-0.39, 0.29) is 5.02 Å². The minimum Gasteiger partial charge on any atom is -0.397 e. The molecule has 1 aromatic carbocycles. The predicted octanol–water partition coefficient (Wildman–Crippen LogP) is 4.30. The highest BCUT2D eigenvalue weighted by Crippen LogP contribution is 2.33. The largest absolute Gasteiger partial charge is 0.397 e. The molecule has 100 valence electrons. The van der Waals surface area contributed by atoms with Crippen molar-refractivity contribution in [3.8, 4) is 0 Å². The Morgan fingerprint density at radius 1 is 1.33 bits per heavy atom. The lowest BCUT2D eigenvalue weighted by atomic mass is 9.80. The lowest BCUT2D eigenvalue weighted by Gasteiger charge is -2.34. The van der Waals surface area contributed by atoms with Crippen LogP contribution >= 0.6 is 11.6 Å². The van der Waals surface area contributed by atoms with Crippen molar-refractivity contribution in [1.29, 1.82) is 0 Å². The zero-order valence-corrected chi connectivity index (χ0v) is 11.6. The summed E-state index contributed by atoms with van der Waals surface area (Å²) in [4.78, 5) is 0. The van der Waals surface area contributed by atoms with Gasteiger partial charge in [-0.1, -0.05) is 25.4 Å². The van der Waals surface area contributed by atoms with Crippen LogP contribution in [0.2, 0.25) is 5.02 Å². The topological polar surface area (TPSA) is 38.0 Å². The molecular weight excluding hydrogens is 251 g/mol. The van der Waals surface area contributed by atoms with E-state index in [2.05, 4.69) is 19.2 Å². The number of benzene rings is 1. The van der Waals surface area contributed by atoms with Crippen LogP contribution < -0.4 is 11.1 Å². The van der Waals surface area contributed by atoms with Gasteiger partial charge in [-0.15, -0.1) is 0 Å². The summed E-state index contributed by atoms with van der Waals surface area (Å²) >= 11 is 5.69. The fourth-order valence-corrected chi connectivity index (χ4v) is 2.94. The molecule has 4 heteroatoms. The summed E-state index contributed by atoms with van der Waals surface area (Å²) in [6.07, 6.45) is 3.51. The van der Waals surface area contributed by atoms with E-state index in [1.54, 1.807) is 0 Å². The average Bonchev–Trinajstić information content (AvgIpc) is 2.29. The maximum absolute atomic E-state index is 13.4. The van der Waals surface area contributed by atoms with Crippen LogP contribution in [0.25, 0.3) is 0 Å². The van der Waals surface area contributed by atoms with E-state index in [9.17, 15) is 4.39 Å². The second-order valence-corrected chi connectivity index (χ2v) is 5.91. The van der Waals surface area contributed by atoms with Gasteiger partial charge in [0.25, 0.3) is 0 Å². The minimum absolute atomic E-state index is 0.0726. The molecule has 0 amide bonds. The minimum atomic E-state index is -0.426. The highest BCUT2D eigenvalue weighted by Gasteiger charge is 2.25. The quantitative estimate of drug-likeness (QED) is 0.787. The Labute approximate surface area is 113 Å². The Kier molecular flexibility index (Phi) is 4.00. The SMILES string of the molecule is CC1CCC(Nc2cc(F)c(Cl)cc2N)C(C)C1. The summed E-state index contributed by atoms with van der Waals surface area (Å²) in [5.41, 5.74) is 7.03. The Morgan fingerprint density at radius 2 is 2.06 bits per heavy atom. The molecule has 1 aliphatic carbocycles. The highest BCUT2D eigenvalue weighted by atomic mass is 35.5. The molecule has 3 N–H and O–H groups in total. The molecule has 0 saturated heterocycles. The fourth-order valence-electron chi connectivity index (χ4n) is 2.77. The van der Waals surface area contributed by atoms with Gasteiger partial charge < -0.3 is 11.1 Å². The van der Waals surface area contributed by atoms with Gasteiger partial charge in [-0.3, -0.25) is 0 Å². The second-order valence-electron chi connectivity index (χ2n) is 5.50. The highest BCUT2D eigenvalue weighted by molar-refractivity contribution is 6.31. The van der Waals surface area contributed by atoms with Crippen LogP contribution in [0.5, 0.6) is 0 Å². The van der Waals surface area contributed by atoms with Crippen LogP contribution in [0, 0.1) is 17.7 Å². The zero-order valence-electron chi connectivity index (χ0n) is 10.8. The number of anilines is 2. The van der Waals surface area contributed by atoms with Crippen LogP contribution in [0.15, 0.2) is 12.1 Å². The van der Waals surface area contributed by atoms with Crippen molar-refractivity contribution >= 4 is 23.0 Å². The Morgan fingerprint density at radius 3 is 2.72 bits per heavy atom. The molecule has 1 saturated carbocycles. The van der Waals surface area contributed by atoms with Gasteiger partial charge in [-0.2, -0.15) is 0 Å². The molecule has 0 bridgehead atoms. The summed E-state index contributed by atoms with van der Waals surface area (Å²) in [5, 5.41) is 3.44. The monoisotopic (exact) mass is 270 g/mol. The van der Waals surface area contributed by atoms with Crippen molar-refractivity contribution in [2.75, 3.05) is 11.1 Å². The molecule has 18 heavy (non-hydrogen) atoms. The molecular formula is C14H20ClFN2. The third-order valence-electron chi connectivity index (χ3n) is 3.86. The van der Waals surface area contributed by atoms with Gasteiger partial charge >= 0.3 is 0 Å². The van der Waals surface area contributed by atoms with Crippen molar-refractivity contribution in [3.63, 3.8) is 0 Å². The van der Waals surface area contributed by atoms with Crippen molar-refractivity contribution in [3.05, 3.63) is 23.0 Å². The van der Waals surface area contributed by atoms with Gasteiger partial charge in [0.05, 0.1) is 16.4 Å². The van der Waals surface area contributed by atoms with Gasteiger partial charge in [-0.05, 0) is 37.2 Å². The van der Waals surface area contributed by atoms with Crippen LogP contribution in [-0.2, 0) is 0 Å². The molecule has 3 atom stereocenters. The van der Waals surface area contributed by atoms with Gasteiger partial charge in [0.2, 0.25) is 0 Å². The molecule has 2 nitrogen and oxygen atoms in total. The summed E-state index contributed by atoms with van der Waals surface area (Å²) in [7, 11) is 0. The molecule has 0 spiro atoms. The third kappa shape index (κ3) is 2.89. The molecule has 0 aliphatic heterocycles. The molecule has 0 heterocycles. The maximum atomic E-state index is 13.4. The summed E-state index contributed by atoms with van der Waals surface area (Å²) in [5.74, 6) is 0.925. The number of halogens is 2. The van der Waals surface area contributed by atoms with Crippen LogP contribution in [0.1, 0.15) is 33.1 Å². The van der Waals surface area contributed by atoms with E-state index >= 15 is 0 Å². The summed E-state index contributed by atoms with van der Waals surface area (Å²) in [6.45, 7) is 4.51. The molecule has 3 unspecified atom stereocenters. The van der Waals surface area contributed by atoms with Crippen LogP contribution in [-0.4, -0.2) is 6.04 Å². The predicted molar refractivity (Wildman–Crippen MR) is 75.4 cm³/mol. The summed E-state index contributed by atoms with van der Waals surface area (Å²) < 4.78 is 13.4. The van der Waals surface area contributed by atoms with E-state index in [0.29, 0.717) is 23.3 Å². The maximum Gasteiger partial charge on any atom is 0.143 e.